The van der Waals surface area contributed by atoms with E-state index in [-0.39, 0.29) is 48.0 Å². The summed E-state index contributed by atoms with van der Waals surface area (Å²) in [5, 5.41) is 11.1. The molecule has 5 rings (SSSR count). The number of cyclic esters (lactones) is 2. The normalized spacial score (nSPS) is 45.2. The number of methoxy groups -OCH3 is 1. The lowest BCUT2D eigenvalue weighted by Crippen LogP contribution is -2.48. The van der Waals surface area contributed by atoms with Gasteiger partial charge < -0.3 is 24.1 Å². The van der Waals surface area contributed by atoms with E-state index in [1.807, 2.05) is 6.92 Å². The molecule has 0 aromatic rings. The molecule has 0 aromatic carbocycles. The van der Waals surface area contributed by atoms with Gasteiger partial charge in [0.15, 0.2) is 5.76 Å². The van der Waals surface area contributed by atoms with E-state index in [4.69, 9.17) is 18.9 Å². The molecule has 4 fully saturated rings. The lowest BCUT2D eigenvalue weighted by molar-refractivity contribution is -0.146. The van der Waals surface area contributed by atoms with Crippen LogP contribution >= 0.6 is 0 Å². The summed E-state index contributed by atoms with van der Waals surface area (Å²) in [6, 6.07) is -0.0640. The average molecular weight is 434 g/mol. The molecule has 0 aromatic heterocycles. The molecule has 0 bridgehead atoms. The number of aliphatic hydroxyl groups is 1. The van der Waals surface area contributed by atoms with E-state index >= 15 is 0 Å². The van der Waals surface area contributed by atoms with Crippen LogP contribution in [0.15, 0.2) is 22.9 Å². The highest BCUT2D eigenvalue weighted by Crippen LogP contribution is 2.50. The second-order valence-electron chi connectivity index (χ2n) is 9.62. The van der Waals surface area contributed by atoms with Gasteiger partial charge in [-0.05, 0) is 39.2 Å². The zero-order chi connectivity index (χ0) is 22.0. The molecule has 5 aliphatic rings. The summed E-state index contributed by atoms with van der Waals surface area (Å²) in [6.45, 7) is 6.51. The maximum atomic E-state index is 12.1. The summed E-state index contributed by atoms with van der Waals surface area (Å²) in [7, 11) is 1.52. The van der Waals surface area contributed by atoms with E-state index in [1.165, 1.54) is 7.11 Å². The van der Waals surface area contributed by atoms with Gasteiger partial charge in [0.25, 0.3) is 0 Å². The summed E-state index contributed by atoms with van der Waals surface area (Å²) >= 11 is 0. The van der Waals surface area contributed by atoms with Crippen molar-refractivity contribution in [3.63, 3.8) is 0 Å². The Balaban J connectivity index is 1.46. The highest BCUT2D eigenvalue weighted by Gasteiger charge is 2.57. The number of hydrogen-bond donors (Lipinski definition) is 1. The Morgan fingerprint density at radius 1 is 1.13 bits per heavy atom. The predicted molar refractivity (Wildman–Crippen MR) is 108 cm³/mol. The van der Waals surface area contributed by atoms with Crippen LogP contribution in [-0.4, -0.2) is 66.0 Å². The highest BCUT2D eigenvalue weighted by atomic mass is 16.6. The van der Waals surface area contributed by atoms with E-state index < -0.39 is 12.1 Å². The van der Waals surface area contributed by atoms with E-state index in [1.54, 1.807) is 6.92 Å². The van der Waals surface area contributed by atoms with Crippen LogP contribution in [0.3, 0.4) is 0 Å². The Labute approximate surface area is 182 Å². The number of rotatable bonds is 2. The summed E-state index contributed by atoms with van der Waals surface area (Å²) in [5.74, 6) is 0.794. The van der Waals surface area contributed by atoms with Crippen LogP contribution in [0.25, 0.3) is 0 Å². The molecular weight excluding hydrogens is 402 g/mol. The third-order valence-electron chi connectivity index (χ3n) is 7.84. The number of fused-ring (bicyclic) bond motifs is 3. The molecule has 8 nitrogen and oxygen atoms in total. The van der Waals surface area contributed by atoms with Crippen molar-refractivity contribution in [2.24, 2.45) is 17.8 Å². The Kier molecular flexibility index (Phi) is 5.05. The molecule has 0 unspecified atom stereocenters. The van der Waals surface area contributed by atoms with E-state index in [9.17, 15) is 14.7 Å². The SMILES string of the molecule is COC1=C(C)C(=O)O/C1=C1\O[C@@H]2CCCN3[C@@H]([C@H]2[C@@H]1C)[C@H](O)C[C@H]3[C@@H]1C[C@H](C)C(=O)O1. The van der Waals surface area contributed by atoms with Crippen molar-refractivity contribution in [3.8, 4) is 0 Å². The molecule has 0 aliphatic carbocycles. The zero-order valence-electron chi connectivity index (χ0n) is 18.5. The van der Waals surface area contributed by atoms with Crippen LogP contribution in [0.5, 0.6) is 0 Å². The van der Waals surface area contributed by atoms with Crippen molar-refractivity contribution in [1.82, 2.24) is 4.90 Å². The zero-order valence-corrected chi connectivity index (χ0v) is 18.5. The first-order valence-electron chi connectivity index (χ1n) is 11.3. The molecule has 1 N–H and O–H groups in total. The van der Waals surface area contributed by atoms with Gasteiger partial charge in [0.05, 0.1) is 24.7 Å². The van der Waals surface area contributed by atoms with Gasteiger partial charge in [-0.15, -0.1) is 0 Å². The van der Waals surface area contributed by atoms with Gasteiger partial charge in [0.2, 0.25) is 5.76 Å². The fourth-order valence-corrected chi connectivity index (χ4v) is 6.35. The number of nitrogens with zero attached hydrogens (tertiary/aromatic N) is 1. The number of esters is 2. The molecule has 4 saturated heterocycles. The second-order valence-corrected chi connectivity index (χ2v) is 9.62. The molecular formula is C23H31NO7. The van der Waals surface area contributed by atoms with Crippen molar-refractivity contribution < 1.29 is 33.6 Å². The lowest BCUT2D eigenvalue weighted by atomic mass is 9.81. The maximum absolute atomic E-state index is 12.1. The minimum atomic E-state index is -0.522. The molecule has 8 heteroatoms. The Hall–Kier alpha value is -2.06. The van der Waals surface area contributed by atoms with Crippen LogP contribution < -0.4 is 0 Å². The first-order valence-corrected chi connectivity index (χ1v) is 11.3. The fraction of sp³-hybridized carbons (Fsp3) is 0.739. The molecule has 31 heavy (non-hydrogen) atoms. The van der Waals surface area contributed by atoms with Crippen LogP contribution in [0.2, 0.25) is 0 Å². The van der Waals surface area contributed by atoms with Gasteiger partial charge in [-0.25, -0.2) is 4.79 Å². The van der Waals surface area contributed by atoms with Gasteiger partial charge in [-0.2, -0.15) is 0 Å². The molecule has 0 spiro atoms. The van der Waals surface area contributed by atoms with E-state index in [0.717, 1.165) is 19.4 Å². The fourth-order valence-electron chi connectivity index (χ4n) is 6.35. The van der Waals surface area contributed by atoms with Crippen molar-refractivity contribution in [1.29, 1.82) is 0 Å². The number of carbonyl (C=O) groups is 2. The number of ether oxygens (including phenoxy) is 4. The summed E-state index contributed by atoms with van der Waals surface area (Å²) in [4.78, 5) is 26.5. The van der Waals surface area contributed by atoms with Crippen molar-refractivity contribution in [2.75, 3.05) is 13.7 Å². The first-order chi connectivity index (χ1) is 14.8. The molecule has 0 amide bonds. The quantitative estimate of drug-likeness (QED) is 0.660. The third kappa shape index (κ3) is 3.09. The summed E-state index contributed by atoms with van der Waals surface area (Å²) in [6.07, 6.45) is 2.32. The minimum Gasteiger partial charge on any atom is -0.492 e. The summed E-state index contributed by atoms with van der Waals surface area (Å²) in [5.41, 5.74) is 0.438. The topological polar surface area (TPSA) is 94.5 Å². The maximum Gasteiger partial charge on any atom is 0.343 e. The largest absolute Gasteiger partial charge is 0.492 e. The first kappa shape index (κ1) is 20.8. The van der Waals surface area contributed by atoms with Crippen molar-refractivity contribution >= 4 is 11.9 Å². The van der Waals surface area contributed by atoms with Gasteiger partial charge >= 0.3 is 11.9 Å². The van der Waals surface area contributed by atoms with Gasteiger partial charge in [0, 0.05) is 23.9 Å². The molecule has 0 saturated carbocycles. The van der Waals surface area contributed by atoms with Gasteiger partial charge in [0.1, 0.15) is 18.0 Å². The minimum absolute atomic E-state index is 0.0255. The van der Waals surface area contributed by atoms with Crippen LogP contribution in [0.4, 0.5) is 0 Å². The highest BCUT2D eigenvalue weighted by molar-refractivity contribution is 5.93. The van der Waals surface area contributed by atoms with E-state index in [0.29, 0.717) is 35.7 Å². The Bertz CT molecular complexity index is 864. The Morgan fingerprint density at radius 3 is 2.58 bits per heavy atom. The Morgan fingerprint density at radius 2 is 1.90 bits per heavy atom. The van der Waals surface area contributed by atoms with Crippen LogP contribution in [0.1, 0.15) is 46.5 Å². The predicted octanol–water partition coefficient (Wildman–Crippen LogP) is 1.88. The molecule has 5 heterocycles. The average Bonchev–Trinajstić information content (AvgIpc) is 3.37. The van der Waals surface area contributed by atoms with Gasteiger partial charge in [-0.3, -0.25) is 9.69 Å². The molecule has 0 radical (unpaired) electrons. The summed E-state index contributed by atoms with van der Waals surface area (Å²) < 4.78 is 23.0. The second kappa shape index (κ2) is 7.52. The molecule has 170 valence electrons. The molecule has 8 atom stereocenters. The smallest absolute Gasteiger partial charge is 0.343 e. The third-order valence-corrected chi connectivity index (χ3v) is 7.84. The number of aliphatic hydroxyl groups excluding tert-OH is 1. The van der Waals surface area contributed by atoms with Crippen LogP contribution in [0, 0.1) is 17.8 Å². The van der Waals surface area contributed by atoms with Gasteiger partial charge in [-0.1, -0.05) is 13.8 Å². The number of allylic oxidation sites excluding steroid dienone is 1. The van der Waals surface area contributed by atoms with Crippen LogP contribution in [-0.2, 0) is 28.5 Å². The van der Waals surface area contributed by atoms with Crippen molar-refractivity contribution in [2.45, 2.75) is 76.9 Å². The monoisotopic (exact) mass is 433 g/mol. The number of hydrogen-bond acceptors (Lipinski definition) is 8. The van der Waals surface area contributed by atoms with E-state index in [2.05, 4.69) is 11.8 Å². The molecule has 5 aliphatic heterocycles. The lowest BCUT2D eigenvalue weighted by Gasteiger charge is -2.35. The van der Waals surface area contributed by atoms with Crippen molar-refractivity contribution in [3.05, 3.63) is 22.9 Å². The number of carbonyl (C=O) groups excluding carboxylic acids is 2. The standard InChI is InChI=1S/C23H31NO7/c1-10-8-16(30-22(10)26)13-9-14(25)18-17-11(2)20(29-15(17)6-5-7-24(13)18)21-19(28-4)12(3)23(27)31-21/h10-11,13-18,25H,5-9H2,1-4H3/b21-20-/t10-,11-,13-,14+,15+,16-,17-,18+/m0/s1.